The van der Waals surface area contributed by atoms with E-state index < -0.39 is 29.5 Å². The quantitative estimate of drug-likeness (QED) is 0.732. The summed E-state index contributed by atoms with van der Waals surface area (Å²) < 4.78 is 0. The minimum Gasteiger partial charge on any atom is -0.481 e. The molecule has 2 heterocycles. The molecule has 8 heteroatoms. The number of hydrogen-bond donors (Lipinski definition) is 2. The lowest BCUT2D eigenvalue weighted by molar-refractivity contribution is -0.150. The molecule has 132 valence electrons. The van der Waals surface area contributed by atoms with Crippen molar-refractivity contribution in [1.29, 1.82) is 0 Å². The zero-order valence-corrected chi connectivity index (χ0v) is 13.8. The van der Waals surface area contributed by atoms with Crippen LogP contribution in [-0.2, 0) is 14.4 Å². The predicted molar refractivity (Wildman–Crippen MR) is 83.0 cm³/mol. The topological polar surface area (TPSA) is 107 Å². The largest absolute Gasteiger partial charge is 0.481 e. The van der Waals surface area contributed by atoms with Gasteiger partial charge in [-0.15, -0.1) is 0 Å². The number of carboxylic acids is 1. The third-order valence-corrected chi connectivity index (χ3v) is 5.62. The van der Waals surface area contributed by atoms with Crippen LogP contribution in [0.1, 0.15) is 45.4 Å². The molecule has 2 atom stereocenters. The lowest BCUT2D eigenvalue weighted by atomic mass is 9.90. The van der Waals surface area contributed by atoms with Crippen LogP contribution in [0.2, 0.25) is 0 Å². The van der Waals surface area contributed by atoms with E-state index in [0.29, 0.717) is 32.2 Å². The zero-order valence-electron chi connectivity index (χ0n) is 13.8. The molecule has 0 radical (unpaired) electrons. The molecular formula is C16H23N3O5. The van der Waals surface area contributed by atoms with Crippen molar-refractivity contribution in [3.63, 3.8) is 0 Å². The summed E-state index contributed by atoms with van der Waals surface area (Å²) in [6, 6.07) is -0.959. The lowest BCUT2D eigenvalue weighted by Crippen LogP contribution is -2.53. The molecule has 2 aliphatic heterocycles. The first-order valence-electron chi connectivity index (χ1n) is 8.52. The van der Waals surface area contributed by atoms with Gasteiger partial charge in [0.2, 0.25) is 5.91 Å². The van der Waals surface area contributed by atoms with Gasteiger partial charge in [-0.1, -0.05) is 12.8 Å². The van der Waals surface area contributed by atoms with Crippen LogP contribution in [0.25, 0.3) is 0 Å². The number of nitrogens with zero attached hydrogens (tertiary/aromatic N) is 2. The van der Waals surface area contributed by atoms with E-state index in [-0.39, 0.29) is 18.4 Å². The van der Waals surface area contributed by atoms with Crippen LogP contribution in [-0.4, -0.2) is 63.4 Å². The van der Waals surface area contributed by atoms with Crippen LogP contribution in [0.15, 0.2) is 0 Å². The Labute approximate surface area is 140 Å². The van der Waals surface area contributed by atoms with Gasteiger partial charge in [-0.2, -0.15) is 0 Å². The van der Waals surface area contributed by atoms with Gasteiger partial charge < -0.3 is 15.3 Å². The number of carboxylic acid groups (broad SMARTS) is 1. The molecule has 3 fully saturated rings. The third kappa shape index (κ3) is 2.63. The van der Waals surface area contributed by atoms with Crippen molar-refractivity contribution in [2.24, 2.45) is 5.92 Å². The maximum Gasteiger partial charge on any atom is 0.325 e. The van der Waals surface area contributed by atoms with Gasteiger partial charge in [-0.05, 0) is 32.6 Å². The fraction of sp³-hybridized carbons (Fsp3) is 0.750. The zero-order chi connectivity index (χ0) is 17.5. The first-order chi connectivity index (χ1) is 11.4. The summed E-state index contributed by atoms with van der Waals surface area (Å²) in [5.74, 6) is -2.21. The highest BCUT2D eigenvalue weighted by atomic mass is 16.4. The van der Waals surface area contributed by atoms with Gasteiger partial charge in [0.25, 0.3) is 5.91 Å². The molecule has 1 saturated carbocycles. The number of urea groups is 1. The van der Waals surface area contributed by atoms with E-state index in [1.807, 2.05) is 0 Å². The van der Waals surface area contributed by atoms with E-state index in [4.69, 9.17) is 0 Å². The maximum absolute atomic E-state index is 12.6. The van der Waals surface area contributed by atoms with Crippen LogP contribution < -0.4 is 5.32 Å². The van der Waals surface area contributed by atoms with Gasteiger partial charge in [0.15, 0.2) is 0 Å². The highest BCUT2D eigenvalue weighted by Crippen LogP contribution is 2.35. The Kier molecular flexibility index (Phi) is 4.23. The van der Waals surface area contributed by atoms with Gasteiger partial charge in [-0.3, -0.25) is 19.3 Å². The number of hydrogen-bond acceptors (Lipinski definition) is 4. The van der Waals surface area contributed by atoms with Crippen molar-refractivity contribution in [2.75, 3.05) is 13.1 Å². The van der Waals surface area contributed by atoms with Gasteiger partial charge in [-0.25, -0.2) is 4.79 Å². The fourth-order valence-electron chi connectivity index (χ4n) is 4.19. The van der Waals surface area contributed by atoms with Crippen LogP contribution in [0.5, 0.6) is 0 Å². The molecule has 0 aromatic rings. The number of aliphatic carboxylic acids is 1. The number of nitrogens with one attached hydrogen (secondary N) is 1. The molecule has 8 nitrogen and oxygen atoms in total. The first kappa shape index (κ1) is 16.7. The highest BCUT2D eigenvalue weighted by Gasteiger charge is 2.53. The Morgan fingerprint density at radius 1 is 1.25 bits per heavy atom. The van der Waals surface area contributed by atoms with E-state index in [2.05, 4.69) is 5.32 Å². The summed E-state index contributed by atoms with van der Waals surface area (Å²) in [4.78, 5) is 51.1. The molecule has 0 unspecified atom stereocenters. The number of likely N-dealkylation sites (tertiary alicyclic amines) is 1. The van der Waals surface area contributed by atoms with Gasteiger partial charge in [0.1, 0.15) is 12.1 Å². The smallest absolute Gasteiger partial charge is 0.325 e. The maximum atomic E-state index is 12.6. The summed E-state index contributed by atoms with van der Waals surface area (Å²) in [5.41, 5.74) is -0.825. The molecule has 0 aromatic carbocycles. The van der Waals surface area contributed by atoms with Crippen molar-refractivity contribution in [3.8, 4) is 0 Å². The minimum absolute atomic E-state index is 0.316. The lowest BCUT2D eigenvalue weighted by Gasteiger charge is -2.38. The Hall–Kier alpha value is -2.12. The van der Waals surface area contributed by atoms with Crippen molar-refractivity contribution in [2.45, 2.75) is 57.0 Å². The van der Waals surface area contributed by atoms with Crippen LogP contribution in [0.4, 0.5) is 4.79 Å². The minimum atomic E-state index is -0.917. The SMILES string of the molecule is C[C@@H]1[C@H](C(=O)O)CCCN1C(=O)CN1C(=O)NC2(CCCC2)C1=O. The van der Waals surface area contributed by atoms with Crippen LogP contribution in [0.3, 0.4) is 0 Å². The number of carbonyl (C=O) groups excluding carboxylic acids is 3. The summed E-state index contributed by atoms with van der Waals surface area (Å²) in [6.45, 7) is 1.85. The van der Waals surface area contributed by atoms with Crippen molar-refractivity contribution >= 4 is 23.8 Å². The molecule has 0 aromatic heterocycles. The second-order valence-corrected chi connectivity index (χ2v) is 7.03. The molecule has 24 heavy (non-hydrogen) atoms. The van der Waals surface area contributed by atoms with E-state index in [1.165, 1.54) is 4.90 Å². The number of carbonyl (C=O) groups is 4. The Bertz CT molecular complexity index is 584. The molecular weight excluding hydrogens is 314 g/mol. The molecule has 1 spiro atoms. The normalized spacial score (nSPS) is 29.2. The Balaban J connectivity index is 1.69. The molecule has 0 bridgehead atoms. The molecule has 1 aliphatic carbocycles. The summed E-state index contributed by atoms with van der Waals surface area (Å²) in [5, 5.41) is 12.0. The number of rotatable bonds is 3. The van der Waals surface area contributed by atoms with E-state index >= 15 is 0 Å². The number of imide groups is 1. The third-order valence-electron chi connectivity index (χ3n) is 5.62. The number of amides is 4. The van der Waals surface area contributed by atoms with Gasteiger partial charge in [0, 0.05) is 12.6 Å². The van der Waals surface area contributed by atoms with Gasteiger partial charge in [0.05, 0.1) is 5.92 Å². The summed E-state index contributed by atoms with van der Waals surface area (Å²) >= 11 is 0. The summed E-state index contributed by atoms with van der Waals surface area (Å²) in [6.07, 6.45) is 4.14. The molecule has 4 amide bonds. The van der Waals surface area contributed by atoms with Gasteiger partial charge >= 0.3 is 12.0 Å². The number of piperidine rings is 1. The first-order valence-corrected chi connectivity index (χ1v) is 8.52. The Morgan fingerprint density at radius 2 is 1.92 bits per heavy atom. The second-order valence-electron chi connectivity index (χ2n) is 7.03. The molecule has 2 saturated heterocycles. The van der Waals surface area contributed by atoms with Crippen molar-refractivity contribution in [3.05, 3.63) is 0 Å². The van der Waals surface area contributed by atoms with E-state index in [1.54, 1.807) is 6.92 Å². The summed E-state index contributed by atoms with van der Waals surface area (Å²) in [7, 11) is 0. The van der Waals surface area contributed by atoms with E-state index in [0.717, 1.165) is 17.7 Å². The average Bonchev–Trinajstić information content (AvgIpc) is 3.08. The average molecular weight is 337 g/mol. The standard InChI is InChI=1S/C16H23N3O5/c1-10-11(13(21)22)5-4-8-18(10)12(20)9-19-14(23)16(17-15(19)24)6-2-3-7-16/h10-11H,2-9H2,1H3,(H,17,24)(H,21,22)/t10-,11-/m1/s1. The monoisotopic (exact) mass is 337 g/mol. The van der Waals surface area contributed by atoms with Crippen molar-refractivity contribution < 1.29 is 24.3 Å². The van der Waals surface area contributed by atoms with E-state index in [9.17, 15) is 24.3 Å². The predicted octanol–water partition coefficient (Wildman–Crippen LogP) is 0.563. The van der Waals surface area contributed by atoms with Crippen LogP contribution >= 0.6 is 0 Å². The molecule has 3 aliphatic rings. The van der Waals surface area contributed by atoms with Crippen LogP contribution in [0, 0.1) is 5.92 Å². The molecule has 3 rings (SSSR count). The second kappa shape index (κ2) is 6.07. The fourth-order valence-corrected chi connectivity index (χ4v) is 4.19. The van der Waals surface area contributed by atoms with Crippen molar-refractivity contribution in [1.82, 2.24) is 15.1 Å². The Morgan fingerprint density at radius 3 is 2.54 bits per heavy atom. The highest BCUT2D eigenvalue weighted by molar-refractivity contribution is 6.09. The molecule has 2 N–H and O–H groups in total.